The van der Waals surface area contributed by atoms with Crippen molar-refractivity contribution in [3.63, 3.8) is 0 Å². The minimum atomic E-state index is -0.0635. The van der Waals surface area contributed by atoms with Gasteiger partial charge in [-0.2, -0.15) is 0 Å². The number of piperidine rings is 1. The third-order valence-corrected chi connectivity index (χ3v) is 3.76. The molecule has 20 heavy (non-hydrogen) atoms. The first kappa shape index (κ1) is 17.0. The summed E-state index contributed by atoms with van der Waals surface area (Å²) in [6, 6.07) is 0. The lowest BCUT2D eigenvalue weighted by Crippen LogP contribution is -2.43. The SMILES string of the molecule is CC(C)CC(CN)CC(=O)NCC(=O)N1CCCCC1. The molecule has 1 unspecified atom stereocenters. The maximum absolute atomic E-state index is 11.9. The highest BCUT2D eigenvalue weighted by Gasteiger charge is 2.18. The fourth-order valence-electron chi connectivity index (χ4n) is 2.69. The van der Waals surface area contributed by atoms with E-state index in [4.69, 9.17) is 5.73 Å². The highest BCUT2D eigenvalue weighted by atomic mass is 16.2. The Morgan fingerprint density at radius 1 is 1.20 bits per heavy atom. The van der Waals surface area contributed by atoms with Gasteiger partial charge in [-0.15, -0.1) is 0 Å². The van der Waals surface area contributed by atoms with E-state index in [1.54, 1.807) is 0 Å². The van der Waals surface area contributed by atoms with Crippen LogP contribution in [0.15, 0.2) is 0 Å². The number of likely N-dealkylation sites (tertiary alicyclic amines) is 1. The average Bonchev–Trinajstić information content (AvgIpc) is 2.44. The first-order valence-corrected chi connectivity index (χ1v) is 7.77. The van der Waals surface area contributed by atoms with Crippen molar-refractivity contribution in [2.24, 2.45) is 17.6 Å². The van der Waals surface area contributed by atoms with Gasteiger partial charge in [-0.05, 0) is 44.1 Å². The fraction of sp³-hybridized carbons (Fsp3) is 0.867. The highest BCUT2D eigenvalue weighted by Crippen LogP contribution is 2.14. The summed E-state index contributed by atoms with van der Waals surface area (Å²) in [5.41, 5.74) is 5.69. The van der Waals surface area contributed by atoms with E-state index in [0.717, 1.165) is 32.4 Å². The highest BCUT2D eigenvalue weighted by molar-refractivity contribution is 5.84. The number of nitrogens with zero attached hydrogens (tertiary/aromatic N) is 1. The molecular weight excluding hydrogens is 254 g/mol. The van der Waals surface area contributed by atoms with Crippen LogP contribution < -0.4 is 11.1 Å². The van der Waals surface area contributed by atoms with Gasteiger partial charge in [0.2, 0.25) is 11.8 Å². The predicted molar refractivity (Wildman–Crippen MR) is 80.1 cm³/mol. The van der Waals surface area contributed by atoms with Crippen LogP contribution in [0.1, 0.15) is 46.0 Å². The zero-order chi connectivity index (χ0) is 15.0. The Morgan fingerprint density at radius 2 is 1.85 bits per heavy atom. The van der Waals surface area contributed by atoms with E-state index in [-0.39, 0.29) is 24.3 Å². The number of hydrogen-bond donors (Lipinski definition) is 2. The van der Waals surface area contributed by atoms with Crippen LogP contribution in [0.4, 0.5) is 0 Å². The molecule has 1 fully saturated rings. The Bertz CT molecular complexity index is 312. The van der Waals surface area contributed by atoms with E-state index in [2.05, 4.69) is 19.2 Å². The van der Waals surface area contributed by atoms with E-state index in [1.807, 2.05) is 4.90 Å². The predicted octanol–water partition coefficient (Wildman–Crippen LogP) is 1.13. The van der Waals surface area contributed by atoms with Gasteiger partial charge in [0.1, 0.15) is 0 Å². The fourth-order valence-corrected chi connectivity index (χ4v) is 2.69. The van der Waals surface area contributed by atoms with Crippen molar-refractivity contribution in [1.82, 2.24) is 10.2 Å². The van der Waals surface area contributed by atoms with Crippen LogP contribution in [0.25, 0.3) is 0 Å². The smallest absolute Gasteiger partial charge is 0.241 e. The van der Waals surface area contributed by atoms with Crippen LogP contribution in [-0.4, -0.2) is 42.9 Å². The maximum Gasteiger partial charge on any atom is 0.241 e. The minimum absolute atomic E-state index is 0.0335. The summed E-state index contributed by atoms with van der Waals surface area (Å²) in [5, 5.41) is 2.73. The monoisotopic (exact) mass is 283 g/mol. The number of carbonyl (C=O) groups is 2. The summed E-state index contributed by atoms with van der Waals surface area (Å²) >= 11 is 0. The molecule has 0 aliphatic carbocycles. The summed E-state index contributed by atoms with van der Waals surface area (Å²) in [6.45, 7) is 6.55. The van der Waals surface area contributed by atoms with E-state index in [1.165, 1.54) is 6.42 Å². The lowest BCUT2D eigenvalue weighted by molar-refractivity contribution is -0.133. The van der Waals surface area contributed by atoms with Crippen LogP contribution in [0.2, 0.25) is 0 Å². The zero-order valence-corrected chi connectivity index (χ0v) is 12.9. The zero-order valence-electron chi connectivity index (χ0n) is 12.9. The van der Waals surface area contributed by atoms with Crippen LogP contribution in [0, 0.1) is 11.8 Å². The number of amides is 2. The largest absolute Gasteiger partial charge is 0.347 e. The molecule has 0 bridgehead atoms. The van der Waals surface area contributed by atoms with Crippen LogP contribution in [-0.2, 0) is 9.59 Å². The van der Waals surface area contributed by atoms with Gasteiger partial charge in [0, 0.05) is 19.5 Å². The Labute approximate surface area is 122 Å². The van der Waals surface area contributed by atoms with Crippen molar-refractivity contribution in [2.75, 3.05) is 26.2 Å². The number of rotatable bonds is 7. The molecule has 1 aliphatic rings. The molecule has 116 valence electrons. The van der Waals surface area contributed by atoms with Crippen LogP contribution in [0.3, 0.4) is 0 Å². The molecule has 0 aromatic carbocycles. The van der Waals surface area contributed by atoms with Crippen molar-refractivity contribution in [3.05, 3.63) is 0 Å². The molecule has 0 aromatic rings. The number of nitrogens with one attached hydrogen (secondary N) is 1. The second-order valence-corrected chi connectivity index (χ2v) is 6.15. The quantitative estimate of drug-likeness (QED) is 0.735. The minimum Gasteiger partial charge on any atom is -0.347 e. The molecule has 0 saturated carbocycles. The van der Waals surface area contributed by atoms with Crippen molar-refractivity contribution in [3.8, 4) is 0 Å². The van der Waals surface area contributed by atoms with Gasteiger partial charge in [0.25, 0.3) is 0 Å². The molecule has 1 atom stereocenters. The summed E-state index contributed by atoms with van der Waals surface area (Å²) < 4.78 is 0. The molecule has 5 heteroatoms. The lowest BCUT2D eigenvalue weighted by atomic mass is 9.94. The summed E-state index contributed by atoms with van der Waals surface area (Å²) in [7, 11) is 0. The third-order valence-electron chi connectivity index (χ3n) is 3.76. The van der Waals surface area contributed by atoms with Crippen molar-refractivity contribution < 1.29 is 9.59 Å². The molecule has 1 aliphatic heterocycles. The van der Waals surface area contributed by atoms with Crippen LogP contribution >= 0.6 is 0 Å². The van der Waals surface area contributed by atoms with Gasteiger partial charge in [-0.25, -0.2) is 0 Å². The van der Waals surface area contributed by atoms with Crippen molar-refractivity contribution in [1.29, 1.82) is 0 Å². The van der Waals surface area contributed by atoms with Gasteiger partial charge in [-0.1, -0.05) is 13.8 Å². The van der Waals surface area contributed by atoms with Gasteiger partial charge >= 0.3 is 0 Å². The molecule has 1 rings (SSSR count). The molecule has 5 nitrogen and oxygen atoms in total. The van der Waals surface area contributed by atoms with Gasteiger partial charge in [-0.3, -0.25) is 9.59 Å². The van der Waals surface area contributed by atoms with Crippen LogP contribution in [0.5, 0.6) is 0 Å². The molecule has 3 N–H and O–H groups in total. The molecule has 0 spiro atoms. The number of nitrogens with two attached hydrogens (primary N) is 1. The molecule has 0 aromatic heterocycles. The second kappa shape index (κ2) is 8.95. The Morgan fingerprint density at radius 3 is 2.40 bits per heavy atom. The average molecular weight is 283 g/mol. The maximum atomic E-state index is 11.9. The molecular formula is C15H29N3O2. The standard InChI is InChI=1S/C15H29N3O2/c1-12(2)8-13(10-16)9-14(19)17-11-15(20)18-6-4-3-5-7-18/h12-13H,3-11,16H2,1-2H3,(H,17,19). The number of hydrogen-bond acceptors (Lipinski definition) is 3. The Hall–Kier alpha value is -1.10. The first-order valence-electron chi connectivity index (χ1n) is 7.77. The van der Waals surface area contributed by atoms with Crippen molar-refractivity contribution in [2.45, 2.75) is 46.0 Å². The number of carbonyl (C=O) groups excluding carboxylic acids is 2. The molecule has 1 heterocycles. The molecule has 0 radical (unpaired) electrons. The summed E-state index contributed by atoms with van der Waals surface area (Å²) in [6.07, 6.45) is 4.71. The van der Waals surface area contributed by atoms with E-state index < -0.39 is 0 Å². The molecule has 1 saturated heterocycles. The van der Waals surface area contributed by atoms with Gasteiger partial charge in [0.05, 0.1) is 6.54 Å². The molecule has 2 amide bonds. The third kappa shape index (κ3) is 6.37. The van der Waals surface area contributed by atoms with E-state index in [0.29, 0.717) is 18.9 Å². The summed E-state index contributed by atoms with van der Waals surface area (Å²) in [5.74, 6) is 0.712. The van der Waals surface area contributed by atoms with Crippen molar-refractivity contribution >= 4 is 11.8 Å². The second-order valence-electron chi connectivity index (χ2n) is 6.15. The first-order chi connectivity index (χ1) is 9.52. The van der Waals surface area contributed by atoms with E-state index >= 15 is 0 Å². The normalized spacial score (nSPS) is 17.1. The van der Waals surface area contributed by atoms with Gasteiger partial charge in [0.15, 0.2) is 0 Å². The Balaban J connectivity index is 2.25. The summed E-state index contributed by atoms with van der Waals surface area (Å²) in [4.78, 5) is 25.6. The topological polar surface area (TPSA) is 75.4 Å². The van der Waals surface area contributed by atoms with E-state index in [9.17, 15) is 9.59 Å². The lowest BCUT2D eigenvalue weighted by Gasteiger charge is -2.26. The Kier molecular flexibility index (Phi) is 7.59. The van der Waals surface area contributed by atoms with Gasteiger partial charge < -0.3 is 16.0 Å².